The molecule has 0 atom stereocenters. The zero-order chi connectivity index (χ0) is 14.3. The number of carbonyl (C=O) groups excluding carboxylic acids is 1. The molecule has 0 aliphatic rings. The summed E-state index contributed by atoms with van der Waals surface area (Å²) < 4.78 is 14.7. The average molecular weight is 289 g/mol. The number of aryl methyl sites for hydroxylation is 1. The van der Waals surface area contributed by atoms with Crippen LogP contribution in [0.15, 0.2) is 30.3 Å². The Hall–Kier alpha value is -2.21. The summed E-state index contributed by atoms with van der Waals surface area (Å²) in [7, 11) is 1.60. The number of thiophene rings is 1. The maximum atomic E-state index is 13.0. The third kappa shape index (κ3) is 1.98. The molecule has 0 bridgehead atoms. The Morgan fingerprint density at radius 1 is 1.35 bits per heavy atom. The summed E-state index contributed by atoms with van der Waals surface area (Å²) in [5, 5.41) is 8.00. The quantitative estimate of drug-likeness (QED) is 0.788. The van der Waals surface area contributed by atoms with Gasteiger partial charge < -0.3 is 5.32 Å². The highest BCUT2D eigenvalue weighted by molar-refractivity contribution is 7.20. The SMILES string of the molecule is CNC(=O)c1cc2c(C)nn(-c3ccc(F)cc3)c2s1. The number of hydrogen-bond acceptors (Lipinski definition) is 3. The number of amides is 1. The van der Waals surface area contributed by atoms with Crippen LogP contribution in [0.25, 0.3) is 15.9 Å². The van der Waals surface area contributed by atoms with Crippen molar-refractivity contribution in [3.05, 3.63) is 46.7 Å². The van der Waals surface area contributed by atoms with E-state index in [1.165, 1.54) is 23.5 Å². The number of fused-ring (bicyclic) bond motifs is 1. The lowest BCUT2D eigenvalue weighted by molar-refractivity contribution is 0.0967. The normalized spacial score (nSPS) is 10.9. The van der Waals surface area contributed by atoms with Gasteiger partial charge >= 0.3 is 0 Å². The molecule has 1 amide bonds. The molecule has 4 nitrogen and oxygen atoms in total. The minimum absolute atomic E-state index is 0.115. The molecule has 102 valence electrons. The molecule has 1 N–H and O–H groups in total. The van der Waals surface area contributed by atoms with Gasteiger partial charge in [0.25, 0.3) is 5.91 Å². The van der Waals surface area contributed by atoms with Gasteiger partial charge in [0, 0.05) is 12.4 Å². The first kappa shape index (κ1) is 12.8. The molecule has 20 heavy (non-hydrogen) atoms. The number of nitrogens with zero attached hydrogens (tertiary/aromatic N) is 2. The van der Waals surface area contributed by atoms with Crippen molar-refractivity contribution in [3.8, 4) is 5.69 Å². The lowest BCUT2D eigenvalue weighted by Crippen LogP contribution is -2.16. The zero-order valence-electron chi connectivity index (χ0n) is 11.0. The standard InChI is InChI=1S/C14H12FN3OS/c1-8-11-7-12(13(19)16-2)20-14(11)18(17-8)10-5-3-9(15)4-6-10/h3-7H,1-2H3,(H,16,19). The van der Waals surface area contributed by atoms with Crippen LogP contribution in [-0.4, -0.2) is 22.7 Å². The summed E-state index contributed by atoms with van der Waals surface area (Å²) in [6.07, 6.45) is 0. The van der Waals surface area contributed by atoms with E-state index in [0.29, 0.717) is 4.88 Å². The molecule has 2 aromatic heterocycles. The number of nitrogens with one attached hydrogen (secondary N) is 1. The lowest BCUT2D eigenvalue weighted by Gasteiger charge is -2.01. The number of hydrogen-bond donors (Lipinski definition) is 1. The number of aromatic nitrogens is 2. The van der Waals surface area contributed by atoms with Gasteiger partial charge in [0.15, 0.2) is 0 Å². The van der Waals surface area contributed by atoms with Crippen LogP contribution >= 0.6 is 11.3 Å². The summed E-state index contributed by atoms with van der Waals surface area (Å²) in [5.74, 6) is -0.401. The first-order chi connectivity index (χ1) is 9.60. The molecule has 3 rings (SSSR count). The molecule has 0 unspecified atom stereocenters. The largest absolute Gasteiger partial charge is 0.354 e. The molecule has 6 heteroatoms. The van der Waals surface area contributed by atoms with Crippen LogP contribution < -0.4 is 5.32 Å². The van der Waals surface area contributed by atoms with Gasteiger partial charge in [-0.3, -0.25) is 4.79 Å². The van der Waals surface area contributed by atoms with Crippen molar-refractivity contribution in [1.29, 1.82) is 0 Å². The molecule has 0 saturated carbocycles. The maximum absolute atomic E-state index is 13.0. The second kappa shape index (κ2) is 4.72. The van der Waals surface area contributed by atoms with E-state index in [4.69, 9.17) is 0 Å². The van der Waals surface area contributed by atoms with Crippen LogP contribution in [0.2, 0.25) is 0 Å². The maximum Gasteiger partial charge on any atom is 0.261 e. The first-order valence-electron chi connectivity index (χ1n) is 6.07. The van der Waals surface area contributed by atoms with Crippen LogP contribution in [0.4, 0.5) is 4.39 Å². The highest BCUT2D eigenvalue weighted by Gasteiger charge is 2.16. The average Bonchev–Trinajstić information content (AvgIpc) is 3.00. The minimum Gasteiger partial charge on any atom is -0.354 e. The molecule has 1 aromatic carbocycles. The van der Waals surface area contributed by atoms with Crippen molar-refractivity contribution < 1.29 is 9.18 Å². The number of rotatable bonds is 2. The third-order valence-corrected chi connectivity index (χ3v) is 4.18. The van der Waals surface area contributed by atoms with Gasteiger partial charge in [-0.25, -0.2) is 9.07 Å². The van der Waals surface area contributed by atoms with Crippen molar-refractivity contribution in [2.24, 2.45) is 0 Å². The van der Waals surface area contributed by atoms with E-state index in [2.05, 4.69) is 10.4 Å². The summed E-state index contributed by atoms with van der Waals surface area (Å²) in [5.41, 5.74) is 1.62. The fourth-order valence-electron chi connectivity index (χ4n) is 2.04. The Morgan fingerprint density at radius 3 is 2.70 bits per heavy atom. The molecule has 3 aromatic rings. The molecule has 0 aliphatic heterocycles. The molecule has 0 saturated heterocycles. The summed E-state index contributed by atoms with van der Waals surface area (Å²) >= 11 is 1.37. The van der Waals surface area contributed by atoms with Crippen molar-refractivity contribution in [2.75, 3.05) is 7.05 Å². The highest BCUT2D eigenvalue weighted by Crippen LogP contribution is 2.30. The second-order valence-electron chi connectivity index (χ2n) is 4.38. The van der Waals surface area contributed by atoms with Crippen LogP contribution in [0.5, 0.6) is 0 Å². The molecule has 0 spiro atoms. The smallest absolute Gasteiger partial charge is 0.261 e. The third-order valence-electron chi connectivity index (χ3n) is 3.07. The van der Waals surface area contributed by atoms with Gasteiger partial charge in [0.2, 0.25) is 0 Å². The van der Waals surface area contributed by atoms with Gasteiger partial charge in [-0.15, -0.1) is 11.3 Å². The van der Waals surface area contributed by atoms with Gasteiger partial charge in [-0.05, 0) is 37.3 Å². The fraction of sp³-hybridized carbons (Fsp3) is 0.143. The summed E-state index contributed by atoms with van der Waals surface area (Å²) in [6.45, 7) is 1.89. The topological polar surface area (TPSA) is 46.9 Å². The van der Waals surface area contributed by atoms with Crippen LogP contribution in [-0.2, 0) is 0 Å². The highest BCUT2D eigenvalue weighted by atomic mass is 32.1. The van der Waals surface area contributed by atoms with Gasteiger partial charge in [-0.2, -0.15) is 5.10 Å². The van der Waals surface area contributed by atoms with Crippen molar-refractivity contribution >= 4 is 27.5 Å². The van der Waals surface area contributed by atoms with Crippen LogP contribution in [0, 0.1) is 12.7 Å². The van der Waals surface area contributed by atoms with Crippen molar-refractivity contribution in [1.82, 2.24) is 15.1 Å². The van der Waals surface area contributed by atoms with E-state index in [9.17, 15) is 9.18 Å². The number of benzene rings is 1. The van der Waals surface area contributed by atoms with E-state index in [1.807, 2.05) is 13.0 Å². The van der Waals surface area contributed by atoms with Crippen molar-refractivity contribution in [3.63, 3.8) is 0 Å². The van der Waals surface area contributed by atoms with Gasteiger partial charge in [0.05, 0.1) is 16.3 Å². The monoisotopic (exact) mass is 289 g/mol. The van der Waals surface area contributed by atoms with Crippen molar-refractivity contribution in [2.45, 2.75) is 6.92 Å². The van der Waals surface area contributed by atoms with Gasteiger partial charge in [-0.1, -0.05) is 0 Å². The van der Waals surface area contributed by atoms with Gasteiger partial charge in [0.1, 0.15) is 10.6 Å². The number of halogens is 1. The van der Waals surface area contributed by atoms with E-state index in [-0.39, 0.29) is 11.7 Å². The molecule has 0 fully saturated rings. The Morgan fingerprint density at radius 2 is 2.05 bits per heavy atom. The van der Waals surface area contributed by atoms with Crippen LogP contribution in [0.3, 0.4) is 0 Å². The molecule has 0 aliphatic carbocycles. The summed E-state index contributed by atoms with van der Waals surface area (Å²) in [6, 6.07) is 7.96. The fourth-order valence-corrected chi connectivity index (χ4v) is 3.17. The Balaban J connectivity index is 2.18. The minimum atomic E-state index is -0.286. The van der Waals surface area contributed by atoms with E-state index in [0.717, 1.165) is 21.6 Å². The Kier molecular flexibility index (Phi) is 3.02. The molecule has 2 heterocycles. The molecular formula is C14H12FN3OS. The predicted octanol–water partition coefficient (Wildman–Crippen LogP) is 2.89. The van der Waals surface area contributed by atoms with E-state index in [1.54, 1.807) is 23.9 Å². The lowest BCUT2D eigenvalue weighted by atomic mass is 10.3. The Labute approximate surface area is 118 Å². The molecule has 0 radical (unpaired) electrons. The first-order valence-corrected chi connectivity index (χ1v) is 6.89. The molecular weight excluding hydrogens is 277 g/mol. The predicted molar refractivity (Wildman–Crippen MR) is 77.0 cm³/mol. The van der Waals surface area contributed by atoms with E-state index < -0.39 is 0 Å². The van der Waals surface area contributed by atoms with Crippen LogP contribution in [0.1, 0.15) is 15.4 Å². The second-order valence-corrected chi connectivity index (χ2v) is 5.41. The van der Waals surface area contributed by atoms with E-state index >= 15 is 0 Å². The zero-order valence-corrected chi connectivity index (χ0v) is 11.8. The summed E-state index contributed by atoms with van der Waals surface area (Å²) in [4.78, 5) is 13.2. The number of carbonyl (C=O) groups is 1. The Bertz CT molecular complexity index is 789.